The topological polar surface area (TPSA) is 51.2 Å². The Morgan fingerprint density at radius 2 is 2.05 bits per heavy atom. The van der Waals surface area contributed by atoms with Crippen LogP contribution < -0.4 is 10.1 Å². The fourth-order valence-electron chi connectivity index (χ4n) is 2.00. The third kappa shape index (κ3) is 3.64. The summed E-state index contributed by atoms with van der Waals surface area (Å²) in [6.45, 7) is 1.90. The normalized spacial score (nSPS) is 10.6. The maximum absolute atomic E-state index is 11.8. The van der Waals surface area contributed by atoms with E-state index in [2.05, 4.69) is 26.2 Å². The van der Waals surface area contributed by atoms with E-state index in [4.69, 9.17) is 4.74 Å². The molecule has 3 rings (SSSR count). The molecule has 112 valence electrons. The number of benzene rings is 2. The Hall–Kier alpha value is -1.92. The zero-order chi connectivity index (χ0) is 15.5. The van der Waals surface area contributed by atoms with Crippen molar-refractivity contribution >= 4 is 49.1 Å². The van der Waals surface area contributed by atoms with Crippen LogP contribution in [0.1, 0.15) is 4.88 Å². The molecular weight excluding hydrogens is 364 g/mol. The second-order valence-corrected chi connectivity index (χ2v) is 6.92. The zero-order valence-corrected chi connectivity index (χ0v) is 14.2. The Labute approximate surface area is 140 Å². The van der Waals surface area contributed by atoms with Gasteiger partial charge >= 0.3 is 0 Å². The summed E-state index contributed by atoms with van der Waals surface area (Å²) in [5, 5.41) is 5.49. The first-order valence-electron chi connectivity index (χ1n) is 6.64. The molecule has 0 bridgehead atoms. The summed E-state index contributed by atoms with van der Waals surface area (Å²) in [5.74, 6) is 0.450. The Bertz CT molecular complexity index is 832. The van der Waals surface area contributed by atoms with Gasteiger partial charge in [-0.05, 0) is 42.0 Å². The standard InChI is InChI=1S/C16H13BrN2O2S/c1-10-8-18-16(22-10)19-15(20)9-21-14-5-3-11-6-13(17)4-2-12(11)7-14/h2-8H,9H2,1H3,(H,18,19,20). The molecule has 0 aliphatic heterocycles. The van der Waals surface area contributed by atoms with Gasteiger partial charge in [0, 0.05) is 15.5 Å². The van der Waals surface area contributed by atoms with Gasteiger partial charge in [0.25, 0.3) is 5.91 Å². The minimum atomic E-state index is -0.217. The van der Waals surface area contributed by atoms with Crippen LogP contribution in [0.5, 0.6) is 5.75 Å². The Balaban J connectivity index is 1.63. The molecule has 0 saturated heterocycles. The van der Waals surface area contributed by atoms with Crippen molar-refractivity contribution in [1.82, 2.24) is 4.98 Å². The van der Waals surface area contributed by atoms with Gasteiger partial charge in [-0.2, -0.15) is 0 Å². The highest BCUT2D eigenvalue weighted by molar-refractivity contribution is 9.10. The first-order chi connectivity index (χ1) is 10.6. The summed E-state index contributed by atoms with van der Waals surface area (Å²) >= 11 is 4.88. The number of hydrogen-bond acceptors (Lipinski definition) is 4. The Morgan fingerprint density at radius 1 is 1.27 bits per heavy atom. The molecule has 1 N–H and O–H groups in total. The van der Waals surface area contributed by atoms with E-state index in [-0.39, 0.29) is 12.5 Å². The van der Waals surface area contributed by atoms with Crippen LogP contribution in [0.2, 0.25) is 0 Å². The van der Waals surface area contributed by atoms with Crippen LogP contribution in [0.4, 0.5) is 5.13 Å². The van der Waals surface area contributed by atoms with Crippen molar-refractivity contribution in [2.75, 3.05) is 11.9 Å². The molecule has 1 heterocycles. The quantitative estimate of drug-likeness (QED) is 0.734. The number of halogens is 1. The molecule has 0 spiro atoms. The van der Waals surface area contributed by atoms with Crippen molar-refractivity contribution in [1.29, 1.82) is 0 Å². The van der Waals surface area contributed by atoms with Gasteiger partial charge in [0.2, 0.25) is 0 Å². The first-order valence-corrected chi connectivity index (χ1v) is 8.25. The zero-order valence-electron chi connectivity index (χ0n) is 11.8. The average Bonchev–Trinajstić information content (AvgIpc) is 2.90. The number of nitrogens with zero attached hydrogens (tertiary/aromatic N) is 1. The number of rotatable bonds is 4. The van der Waals surface area contributed by atoms with Gasteiger partial charge in [0.15, 0.2) is 11.7 Å². The summed E-state index contributed by atoms with van der Waals surface area (Å²) in [7, 11) is 0. The number of hydrogen-bond donors (Lipinski definition) is 1. The molecule has 6 heteroatoms. The van der Waals surface area contributed by atoms with Gasteiger partial charge in [0.1, 0.15) is 5.75 Å². The summed E-state index contributed by atoms with van der Waals surface area (Å²) in [6, 6.07) is 11.8. The molecule has 0 fully saturated rings. The fourth-order valence-corrected chi connectivity index (χ4v) is 3.06. The number of thiazole rings is 1. The van der Waals surface area contributed by atoms with Crippen molar-refractivity contribution in [2.24, 2.45) is 0 Å². The summed E-state index contributed by atoms with van der Waals surface area (Å²) in [4.78, 5) is 17.0. The lowest BCUT2D eigenvalue weighted by Gasteiger charge is -2.07. The van der Waals surface area contributed by atoms with Crippen LogP contribution in [0, 0.1) is 6.92 Å². The van der Waals surface area contributed by atoms with E-state index >= 15 is 0 Å². The molecule has 0 aliphatic rings. The lowest BCUT2D eigenvalue weighted by Crippen LogP contribution is -2.19. The molecule has 2 aromatic carbocycles. The first kappa shape index (κ1) is 15.0. The smallest absolute Gasteiger partial charge is 0.264 e. The van der Waals surface area contributed by atoms with Gasteiger partial charge < -0.3 is 4.74 Å². The van der Waals surface area contributed by atoms with Gasteiger partial charge in [-0.15, -0.1) is 11.3 Å². The highest BCUT2D eigenvalue weighted by atomic mass is 79.9. The van der Waals surface area contributed by atoms with Crippen LogP contribution in [0.15, 0.2) is 47.1 Å². The molecular formula is C16H13BrN2O2S. The van der Waals surface area contributed by atoms with Crippen LogP contribution in [-0.2, 0) is 4.79 Å². The summed E-state index contributed by atoms with van der Waals surface area (Å²) in [5.41, 5.74) is 0. The fraction of sp³-hybridized carbons (Fsp3) is 0.125. The van der Waals surface area contributed by atoms with Crippen molar-refractivity contribution < 1.29 is 9.53 Å². The lowest BCUT2D eigenvalue weighted by molar-refractivity contribution is -0.118. The third-order valence-corrected chi connectivity index (χ3v) is 4.33. The predicted molar refractivity (Wildman–Crippen MR) is 92.6 cm³/mol. The van der Waals surface area contributed by atoms with Crippen molar-refractivity contribution in [3.63, 3.8) is 0 Å². The van der Waals surface area contributed by atoms with Crippen molar-refractivity contribution in [3.8, 4) is 5.75 Å². The van der Waals surface area contributed by atoms with Crippen molar-refractivity contribution in [3.05, 3.63) is 51.9 Å². The number of carbonyl (C=O) groups is 1. The minimum absolute atomic E-state index is 0.0410. The van der Waals surface area contributed by atoms with E-state index in [1.54, 1.807) is 6.20 Å². The maximum atomic E-state index is 11.8. The van der Waals surface area contributed by atoms with Crippen LogP contribution in [0.3, 0.4) is 0 Å². The molecule has 0 saturated carbocycles. The number of anilines is 1. The van der Waals surface area contributed by atoms with Crippen LogP contribution in [0.25, 0.3) is 10.8 Å². The largest absolute Gasteiger partial charge is 0.484 e. The summed E-state index contributed by atoms with van der Waals surface area (Å²) < 4.78 is 6.57. The Kier molecular flexibility index (Phi) is 4.40. The average molecular weight is 377 g/mol. The molecule has 3 aromatic rings. The second-order valence-electron chi connectivity index (χ2n) is 4.77. The molecule has 0 radical (unpaired) electrons. The van der Waals surface area contributed by atoms with Gasteiger partial charge in [0.05, 0.1) is 0 Å². The number of aryl methyl sites for hydroxylation is 1. The van der Waals surface area contributed by atoms with E-state index < -0.39 is 0 Å². The number of ether oxygens (including phenoxy) is 1. The van der Waals surface area contributed by atoms with Crippen molar-refractivity contribution in [2.45, 2.75) is 6.92 Å². The summed E-state index contributed by atoms with van der Waals surface area (Å²) in [6.07, 6.45) is 1.72. The monoisotopic (exact) mass is 376 g/mol. The molecule has 0 atom stereocenters. The van der Waals surface area contributed by atoms with E-state index in [0.717, 1.165) is 20.1 Å². The van der Waals surface area contributed by atoms with Gasteiger partial charge in [-0.1, -0.05) is 28.1 Å². The van der Waals surface area contributed by atoms with Gasteiger partial charge in [-0.3, -0.25) is 10.1 Å². The molecule has 0 aliphatic carbocycles. The minimum Gasteiger partial charge on any atom is -0.484 e. The second kappa shape index (κ2) is 6.46. The van der Waals surface area contributed by atoms with E-state index in [9.17, 15) is 4.79 Å². The lowest BCUT2D eigenvalue weighted by atomic mass is 10.1. The number of amides is 1. The SMILES string of the molecule is Cc1cnc(NC(=O)COc2ccc3cc(Br)ccc3c2)s1. The predicted octanol–water partition coefficient (Wildman–Crippen LogP) is 4.38. The molecule has 1 amide bonds. The van der Waals surface area contributed by atoms with E-state index in [1.165, 1.54) is 11.3 Å². The molecule has 1 aromatic heterocycles. The molecule has 22 heavy (non-hydrogen) atoms. The highest BCUT2D eigenvalue weighted by Gasteiger charge is 2.07. The number of carbonyl (C=O) groups excluding carboxylic acids is 1. The molecule has 4 nitrogen and oxygen atoms in total. The highest BCUT2D eigenvalue weighted by Crippen LogP contribution is 2.24. The number of nitrogens with one attached hydrogen (secondary N) is 1. The maximum Gasteiger partial charge on any atom is 0.264 e. The Morgan fingerprint density at radius 3 is 2.82 bits per heavy atom. The van der Waals surface area contributed by atoms with Crippen LogP contribution >= 0.6 is 27.3 Å². The van der Waals surface area contributed by atoms with Gasteiger partial charge in [-0.25, -0.2) is 4.98 Å². The van der Waals surface area contributed by atoms with E-state index in [1.807, 2.05) is 43.3 Å². The van der Waals surface area contributed by atoms with Crippen LogP contribution in [-0.4, -0.2) is 17.5 Å². The number of fused-ring (bicyclic) bond motifs is 1. The third-order valence-electron chi connectivity index (χ3n) is 3.01. The van der Waals surface area contributed by atoms with E-state index in [0.29, 0.717) is 10.9 Å². The molecule has 0 unspecified atom stereocenters. The number of aromatic nitrogens is 1.